The van der Waals surface area contributed by atoms with Crippen LogP contribution in [0.1, 0.15) is 17.5 Å². The number of rotatable bonds is 6. The van der Waals surface area contributed by atoms with Crippen LogP contribution in [0.5, 0.6) is 0 Å². The Labute approximate surface area is 163 Å². The number of aromatic amines is 3. The molecule has 0 aliphatic carbocycles. The van der Waals surface area contributed by atoms with Crippen molar-refractivity contribution in [3.63, 3.8) is 0 Å². The van der Waals surface area contributed by atoms with Crippen molar-refractivity contribution in [2.75, 3.05) is 16.0 Å². The third kappa shape index (κ3) is 4.44. The summed E-state index contributed by atoms with van der Waals surface area (Å²) in [4.78, 5) is 25.3. The highest BCUT2D eigenvalue weighted by molar-refractivity contribution is 5.85. The first-order valence-electron chi connectivity index (χ1n) is 7.77. The van der Waals surface area contributed by atoms with Gasteiger partial charge in [-0.05, 0) is 20.8 Å². The van der Waals surface area contributed by atoms with Crippen LogP contribution in [0.25, 0.3) is 0 Å². The number of aromatic nitrogens is 12. The van der Waals surface area contributed by atoms with Crippen LogP contribution in [0.15, 0.2) is 0 Å². The molecular weight excluding hydrogens is 390 g/mol. The van der Waals surface area contributed by atoms with Gasteiger partial charge in [0.25, 0.3) is 0 Å². The lowest BCUT2D eigenvalue weighted by atomic mass is 10.7. The molecule has 0 aliphatic rings. The standard InChI is InChI=1S/C12H15N15.ClH/c1-4-13-10(25-22-4)19-7-16-8(20-11-14-5(2)23-26-11)18-9(17-7)21-12-15-6(3)24-27-12;/h1-3H3,(H6,13,14,15,16,17,18,19,20,21,22,23,24,25,26,27);1H. The van der Waals surface area contributed by atoms with Crippen LogP contribution in [0.2, 0.25) is 0 Å². The van der Waals surface area contributed by atoms with E-state index in [0.29, 0.717) is 35.3 Å². The van der Waals surface area contributed by atoms with Gasteiger partial charge in [0.2, 0.25) is 35.7 Å². The number of aryl methyl sites for hydroxylation is 3. The molecule has 0 amide bonds. The molecule has 0 atom stereocenters. The quantitative estimate of drug-likeness (QED) is 0.264. The second-order valence-corrected chi connectivity index (χ2v) is 5.41. The Morgan fingerprint density at radius 1 is 0.464 bits per heavy atom. The molecule has 0 bridgehead atoms. The van der Waals surface area contributed by atoms with Crippen LogP contribution in [0.3, 0.4) is 0 Å². The van der Waals surface area contributed by atoms with E-state index in [1.807, 2.05) is 0 Å². The van der Waals surface area contributed by atoms with Crippen molar-refractivity contribution >= 4 is 48.1 Å². The van der Waals surface area contributed by atoms with E-state index >= 15 is 0 Å². The molecule has 0 aromatic carbocycles. The van der Waals surface area contributed by atoms with Gasteiger partial charge < -0.3 is 0 Å². The molecule has 146 valence electrons. The average Bonchev–Trinajstić information content (AvgIpc) is 3.31. The highest BCUT2D eigenvalue weighted by Crippen LogP contribution is 2.17. The van der Waals surface area contributed by atoms with Gasteiger partial charge in [0, 0.05) is 0 Å². The summed E-state index contributed by atoms with van der Waals surface area (Å²) in [5.74, 6) is 3.51. The third-order valence-corrected chi connectivity index (χ3v) is 3.10. The normalized spacial score (nSPS) is 10.4. The lowest BCUT2D eigenvalue weighted by molar-refractivity contribution is 1.01. The lowest BCUT2D eigenvalue weighted by Gasteiger charge is -2.07. The Bertz CT molecular complexity index is 918. The van der Waals surface area contributed by atoms with E-state index in [4.69, 9.17) is 0 Å². The predicted octanol–water partition coefficient (Wildman–Crippen LogP) is 0.804. The van der Waals surface area contributed by atoms with Gasteiger partial charge >= 0.3 is 0 Å². The van der Waals surface area contributed by atoms with Gasteiger partial charge in [-0.1, -0.05) is 0 Å². The largest absolute Gasteiger partial charge is 0.291 e. The maximum atomic E-state index is 4.27. The first-order valence-corrected chi connectivity index (χ1v) is 7.77. The van der Waals surface area contributed by atoms with Crippen molar-refractivity contribution in [3.05, 3.63) is 17.5 Å². The zero-order valence-electron chi connectivity index (χ0n) is 14.9. The molecule has 0 fully saturated rings. The fraction of sp³-hybridized carbons (Fsp3) is 0.250. The maximum absolute atomic E-state index is 4.27. The molecule has 0 spiro atoms. The van der Waals surface area contributed by atoms with Crippen LogP contribution in [0, 0.1) is 20.8 Å². The van der Waals surface area contributed by atoms with Gasteiger partial charge in [0.15, 0.2) is 0 Å². The summed E-state index contributed by atoms with van der Waals surface area (Å²) in [5, 5.41) is 28.9. The minimum atomic E-state index is 0. The maximum Gasteiger partial charge on any atom is 0.248 e. The number of hydrogen-bond acceptors (Lipinski definition) is 12. The van der Waals surface area contributed by atoms with E-state index in [1.54, 1.807) is 20.8 Å². The summed E-state index contributed by atoms with van der Waals surface area (Å²) in [6, 6.07) is 0. The molecule has 0 saturated carbocycles. The summed E-state index contributed by atoms with van der Waals surface area (Å²) in [6.07, 6.45) is 0. The molecule has 4 heterocycles. The molecule has 16 heteroatoms. The molecule has 4 aromatic rings. The Hall–Kier alpha value is -3.88. The molecule has 15 nitrogen and oxygen atoms in total. The van der Waals surface area contributed by atoms with Crippen LogP contribution in [0.4, 0.5) is 35.7 Å². The van der Waals surface area contributed by atoms with Crippen LogP contribution in [-0.4, -0.2) is 60.5 Å². The van der Waals surface area contributed by atoms with Gasteiger partial charge in [0.1, 0.15) is 17.5 Å². The van der Waals surface area contributed by atoms with Crippen molar-refractivity contribution in [2.45, 2.75) is 20.8 Å². The summed E-state index contributed by atoms with van der Waals surface area (Å²) in [7, 11) is 0. The monoisotopic (exact) mass is 405 g/mol. The predicted molar refractivity (Wildman–Crippen MR) is 100 cm³/mol. The van der Waals surface area contributed by atoms with Gasteiger partial charge in [-0.2, -0.15) is 29.9 Å². The topological polar surface area (TPSA) is 199 Å². The molecule has 0 aliphatic heterocycles. The molecule has 28 heavy (non-hydrogen) atoms. The SMILES string of the molecule is Cc1nc(Nc2nc(Nc3n[nH]c(C)n3)nc(Nc3n[nH]c(C)n3)n2)n[nH]1.Cl. The Morgan fingerprint density at radius 3 is 0.964 bits per heavy atom. The number of nitrogens with one attached hydrogen (secondary N) is 6. The Morgan fingerprint density at radius 2 is 0.750 bits per heavy atom. The van der Waals surface area contributed by atoms with Crippen LogP contribution >= 0.6 is 12.4 Å². The zero-order chi connectivity index (χ0) is 18.8. The number of halogens is 1. The molecule has 6 N–H and O–H groups in total. The van der Waals surface area contributed by atoms with E-state index < -0.39 is 0 Å². The molecule has 0 radical (unpaired) electrons. The minimum Gasteiger partial charge on any atom is -0.291 e. The first-order chi connectivity index (χ1) is 13.0. The van der Waals surface area contributed by atoms with Crippen LogP contribution in [-0.2, 0) is 0 Å². The second kappa shape index (κ2) is 7.78. The molecule has 0 unspecified atom stereocenters. The minimum absolute atomic E-state index is 0. The number of nitrogens with zero attached hydrogens (tertiary/aromatic N) is 9. The number of H-pyrrole nitrogens is 3. The number of hydrogen-bond donors (Lipinski definition) is 6. The molecule has 0 saturated heterocycles. The van der Waals surface area contributed by atoms with Gasteiger partial charge in [-0.25, -0.2) is 0 Å². The van der Waals surface area contributed by atoms with Gasteiger partial charge in [0.05, 0.1) is 0 Å². The van der Waals surface area contributed by atoms with Crippen molar-refractivity contribution in [1.29, 1.82) is 0 Å². The zero-order valence-corrected chi connectivity index (χ0v) is 15.7. The van der Waals surface area contributed by atoms with Crippen LogP contribution < -0.4 is 16.0 Å². The van der Waals surface area contributed by atoms with Gasteiger partial charge in [-0.15, -0.1) is 27.7 Å². The Kier molecular flexibility index (Phi) is 5.25. The van der Waals surface area contributed by atoms with E-state index in [-0.39, 0.29) is 30.3 Å². The molecule has 4 aromatic heterocycles. The van der Waals surface area contributed by atoms with E-state index in [9.17, 15) is 0 Å². The Balaban J connectivity index is 0.00000225. The average molecular weight is 406 g/mol. The van der Waals surface area contributed by atoms with E-state index in [2.05, 4.69) is 76.4 Å². The van der Waals surface area contributed by atoms with Crippen molar-refractivity contribution in [2.24, 2.45) is 0 Å². The third-order valence-electron chi connectivity index (χ3n) is 3.10. The first kappa shape index (κ1) is 18.9. The van der Waals surface area contributed by atoms with Crippen molar-refractivity contribution < 1.29 is 0 Å². The fourth-order valence-electron chi connectivity index (χ4n) is 2.04. The highest BCUT2D eigenvalue weighted by Gasteiger charge is 2.12. The molecular formula is C12H16ClN15. The van der Waals surface area contributed by atoms with E-state index in [1.165, 1.54) is 0 Å². The van der Waals surface area contributed by atoms with Crippen molar-refractivity contribution in [3.8, 4) is 0 Å². The second-order valence-electron chi connectivity index (χ2n) is 5.41. The lowest BCUT2D eigenvalue weighted by Crippen LogP contribution is -2.08. The van der Waals surface area contributed by atoms with Gasteiger partial charge in [-0.3, -0.25) is 31.2 Å². The van der Waals surface area contributed by atoms with E-state index in [0.717, 1.165) is 0 Å². The molecule has 4 rings (SSSR count). The van der Waals surface area contributed by atoms with Crippen molar-refractivity contribution in [1.82, 2.24) is 60.5 Å². The summed E-state index contributed by atoms with van der Waals surface area (Å²) < 4.78 is 0. The summed E-state index contributed by atoms with van der Waals surface area (Å²) in [5.41, 5.74) is 0. The summed E-state index contributed by atoms with van der Waals surface area (Å²) >= 11 is 0. The summed E-state index contributed by atoms with van der Waals surface area (Å²) in [6.45, 7) is 5.34. The fourth-order valence-corrected chi connectivity index (χ4v) is 2.04. The smallest absolute Gasteiger partial charge is 0.248 e. The number of anilines is 6. The highest BCUT2D eigenvalue weighted by atomic mass is 35.5.